The van der Waals surface area contributed by atoms with Gasteiger partial charge in [0.1, 0.15) is 0 Å². The molecule has 1 amide bonds. The van der Waals surface area contributed by atoms with Gasteiger partial charge in [-0.1, -0.05) is 47.5 Å². The number of benzene rings is 3. The minimum absolute atomic E-state index is 0. The maximum atomic E-state index is 14.0. The Kier molecular flexibility index (Phi) is 6.80. The molecule has 0 radical (unpaired) electrons. The number of nitrogens with zero attached hydrogens (tertiary/aromatic N) is 1. The molecule has 1 unspecified atom stereocenters. The zero-order valence-electron chi connectivity index (χ0n) is 17.6. The molecule has 3 aromatic carbocycles. The summed E-state index contributed by atoms with van der Waals surface area (Å²) in [6, 6.07) is 21.3. The van der Waals surface area contributed by atoms with E-state index in [1.807, 2.05) is 36.4 Å². The predicted molar refractivity (Wildman–Crippen MR) is 136 cm³/mol. The van der Waals surface area contributed by atoms with Crippen molar-refractivity contribution < 1.29 is 9.59 Å². The van der Waals surface area contributed by atoms with Crippen LogP contribution in [-0.2, 0) is 4.79 Å². The molecule has 7 heteroatoms. The SMILES string of the molecule is Cl.O=C1CCCC2=C1C(c1ccc(Cl)cc1)N(C(=O)c1ccc(Cl)cc1)c1ccccc1N2. The first kappa shape index (κ1) is 23.4. The normalized spacial score (nSPS) is 17.3. The van der Waals surface area contributed by atoms with Gasteiger partial charge in [0.2, 0.25) is 0 Å². The largest absolute Gasteiger partial charge is 0.357 e. The van der Waals surface area contributed by atoms with Crippen LogP contribution in [-0.4, -0.2) is 11.7 Å². The molecule has 0 saturated carbocycles. The summed E-state index contributed by atoms with van der Waals surface area (Å²) in [7, 11) is 0. The first-order valence-corrected chi connectivity index (χ1v) is 11.3. The average Bonchev–Trinajstić information content (AvgIpc) is 2.95. The van der Waals surface area contributed by atoms with E-state index < -0.39 is 6.04 Å². The molecule has 5 rings (SSSR count). The van der Waals surface area contributed by atoms with Crippen LogP contribution in [0.5, 0.6) is 0 Å². The predicted octanol–water partition coefficient (Wildman–Crippen LogP) is 7.24. The van der Waals surface area contributed by atoms with E-state index in [0.717, 1.165) is 35.5 Å². The molecule has 0 spiro atoms. The van der Waals surface area contributed by atoms with Gasteiger partial charge in [-0.25, -0.2) is 0 Å². The number of halogens is 3. The second-order valence-corrected chi connectivity index (χ2v) is 8.82. The molecule has 2 aliphatic rings. The lowest BCUT2D eigenvalue weighted by atomic mass is 9.85. The van der Waals surface area contributed by atoms with Crippen LogP contribution in [0, 0.1) is 0 Å². The van der Waals surface area contributed by atoms with E-state index in [9.17, 15) is 9.59 Å². The third kappa shape index (κ3) is 4.39. The molecule has 1 aliphatic heterocycles. The minimum Gasteiger partial charge on any atom is -0.357 e. The van der Waals surface area contributed by atoms with Gasteiger partial charge >= 0.3 is 0 Å². The zero-order valence-corrected chi connectivity index (χ0v) is 19.9. The van der Waals surface area contributed by atoms with E-state index in [1.54, 1.807) is 41.3 Å². The summed E-state index contributed by atoms with van der Waals surface area (Å²) in [4.78, 5) is 28.9. The van der Waals surface area contributed by atoms with Gasteiger partial charge in [0.05, 0.1) is 17.4 Å². The Morgan fingerprint density at radius 3 is 2.21 bits per heavy atom. The molecule has 0 aromatic heterocycles. The monoisotopic (exact) mass is 498 g/mol. The van der Waals surface area contributed by atoms with E-state index in [0.29, 0.717) is 27.6 Å². The number of rotatable bonds is 2. The third-order valence-corrected chi connectivity index (χ3v) is 6.44. The van der Waals surface area contributed by atoms with E-state index in [-0.39, 0.29) is 24.1 Å². The lowest BCUT2D eigenvalue weighted by Crippen LogP contribution is -2.38. The molecule has 33 heavy (non-hydrogen) atoms. The number of anilines is 2. The van der Waals surface area contributed by atoms with Gasteiger partial charge in [0, 0.05) is 33.3 Å². The summed E-state index contributed by atoms with van der Waals surface area (Å²) in [6.07, 6.45) is 2.00. The molecular formula is C26H21Cl3N2O2. The smallest absolute Gasteiger partial charge is 0.259 e. The highest BCUT2D eigenvalue weighted by atomic mass is 35.5. The Labute approximate surface area is 208 Å². The third-order valence-electron chi connectivity index (χ3n) is 5.93. The number of allylic oxidation sites excluding steroid dienone is 1. The van der Waals surface area contributed by atoms with E-state index in [4.69, 9.17) is 23.2 Å². The summed E-state index contributed by atoms with van der Waals surface area (Å²) >= 11 is 12.2. The van der Waals surface area contributed by atoms with Crippen molar-refractivity contribution in [3.8, 4) is 0 Å². The van der Waals surface area contributed by atoms with Crippen LogP contribution in [0.2, 0.25) is 10.0 Å². The molecular weight excluding hydrogens is 479 g/mol. The fourth-order valence-electron chi connectivity index (χ4n) is 4.45. The molecule has 1 aliphatic carbocycles. The molecule has 1 atom stereocenters. The second-order valence-electron chi connectivity index (χ2n) is 7.95. The van der Waals surface area contributed by atoms with Gasteiger partial charge in [0.25, 0.3) is 5.91 Å². The first-order valence-electron chi connectivity index (χ1n) is 10.5. The lowest BCUT2D eigenvalue weighted by molar-refractivity contribution is -0.116. The van der Waals surface area contributed by atoms with Crippen LogP contribution < -0.4 is 10.2 Å². The van der Waals surface area contributed by atoms with Crippen LogP contribution in [0.15, 0.2) is 84.1 Å². The maximum Gasteiger partial charge on any atom is 0.259 e. The topological polar surface area (TPSA) is 49.4 Å². The van der Waals surface area contributed by atoms with Gasteiger partial charge in [-0.05, 0) is 66.9 Å². The Morgan fingerprint density at radius 2 is 1.52 bits per heavy atom. The van der Waals surface area contributed by atoms with Crippen LogP contribution in [0.25, 0.3) is 0 Å². The second kappa shape index (κ2) is 9.60. The molecule has 1 N–H and O–H groups in total. The Morgan fingerprint density at radius 1 is 0.879 bits per heavy atom. The van der Waals surface area contributed by atoms with Crippen molar-refractivity contribution in [2.24, 2.45) is 0 Å². The van der Waals surface area contributed by atoms with Gasteiger partial charge < -0.3 is 5.32 Å². The molecule has 168 valence electrons. The zero-order chi connectivity index (χ0) is 22.2. The number of Topliss-reactive ketones (excluding diaryl/α,β-unsaturated/α-hetero) is 1. The van der Waals surface area contributed by atoms with Crippen molar-refractivity contribution in [2.75, 3.05) is 10.2 Å². The molecule has 4 nitrogen and oxygen atoms in total. The number of carbonyl (C=O) groups excluding carboxylic acids is 2. The van der Waals surface area contributed by atoms with Crippen LogP contribution in [0.4, 0.5) is 11.4 Å². The number of carbonyl (C=O) groups is 2. The van der Waals surface area contributed by atoms with Crippen molar-refractivity contribution in [1.29, 1.82) is 0 Å². The Bertz CT molecular complexity index is 1240. The van der Waals surface area contributed by atoms with Crippen LogP contribution in [0.1, 0.15) is 41.2 Å². The number of para-hydroxylation sites is 2. The summed E-state index contributed by atoms with van der Waals surface area (Å²) in [6.45, 7) is 0. The number of nitrogens with one attached hydrogen (secondary N) is 1. The van der Waals surface area contributed by atoms with Gasteiger partial charge in [-0.3, -0.25) is 14.5 Å². The number of fused-ring (bicyclic) bond motifs is 1. The minimum atomic E-state index is -0.575. The highest BCUT2D eigenvalue weighted by Crippen LogP contribution is 2.45. The highest BCUT2D eigenvalue weighted by Gasteiger charge is 2.39. The molecule has 0 fully saturated rings. The van der Waals surface area contributed by atoms with Gasteiger partial charge in [-0.15, -0.1) is 12.4 Å². The number of hydrogen-bond donors (Lipinski definition) is 1. The highest BCUT2D eigenvalue weighted by molar-refractivity contribution is 6.31. The lowest BCUT2D eigenvalue weighted by Gasteiger charge is -2.34. The van der Waals surface area contributed by atoms with E-state index in [1.165, 1.54) is 0 Å². The molecule has 3 aromatic rings. The van der Waals surface area contributed by atoms with Crippen molar-refractivity contribution in [2.45, 2.75) is 25.3 Å². The quantitative estimate of drug-likeness (QED) is 0.404. The van der Waals surface area contributed by atoms with Crippen molar-refractivity contribution in [1.82, 2.24) is 0 Å². The fourth-order valence-corrected chi connectivity index (χ4v) is 4.70. The Balaban J connectivity index is 0.00000259. The van der Waals surface area contributed by atoms with Gasteiger partial charge in [0.15, 0.2) is 5.78 Å². The van der Waals surface area contributed by atoms with Crippen LogP contribution >= 0.6 is 35.6 Å². The fraction of sp³-hybridized carbons (Fsp3) is 0.154. The van der Waals surface area contributed by atoms with Gasteiger partial charge in [-0.2, -0.15) is 0 Å². The first-order chi connectivity index (χ1) is 15.5. The molecule has 1 heterocycles. The average molecular weight is 500 g/mol. The van der Waals surface area contributed by atoms with E-state index in [2.05, 4.69) is 5.32 Å². The summed E-state index contributed by atoms with van der Waals surface area (Å²) in [5, 5.41) is 4.62. The molecule has 0 bridgehead atoms. The number of amides is 1. The summed E-state index contributed by atoms with van der Waals surface area (Å²) < 4.78 is 0. The maximum absolute atomic E-state index is 14.0. The van der Waals surface area contributed by atoms with E-state index >= 15 is 0 Å². The number of hydrogen-bond acceptors (Lipinski definition) is 3. The standard InChI is InChI=1S/C26H20Cl2N2O2.ClH/c27-18-12-8-16(9-13-18)25-24-21(5-3-7-23(24)31)29-20-4-1-2-6-22(20)30(25)26(32)17-10-14-19(28)15-11-17;/h1-2,4,6,8-15,25,29H,3,5,7H2;1H. The number of ketones is 1. The Hall–Kier alpha value is -2.79. The van der Waals surface area contributed by atoms with Crippen LogP contribution in [0.3, 0.4) is 0 Å². The summed E-state index contributed by atoms with van der Waals surface area (Å²) in [5.74, 6) is -0.150. The van der Waals surface area contributed by atoms with Crippen molar-refractivity contribution >= 4 is 58.7 Å². The molecule has 0 saturated heterocycles. The van der Waals surface area contributed by atoms with Crippen molar-refractivity contribution in [3.63, 3.8) is 0 Å². The summed E-state index contributed by atoms with van der Waals surface area (Å²) in [5.41, 5.74) is 4.36. The van der Waals surface area contributed by atoms with Crippen molar-refractivity contribution in [3.05, 3.63) is 105 Å².